The normalized spacial score (nSPS) is 17.7. The molecule has 6 rings (SSSR count). The Hall–Kier alpha value is -3.40. The van der Waals surface area contributed by atoms with Crippen molar-refractivity contribution in [2.24, 2.45) is 0 Å². The molecule has 0 bridgehead atoms. The minimum absolute atomic E-state index is 0.150. The number of rotatable bonds is 2. The van der Waals surface area contributed by atoms with Crippen molar-refractivity contribution < 1.29 is 4.39 Å². The lowest BCUT2D eigenvalue weighted by Gasteiger charge is -2.32. The van der Waals surface area contributed by atoms with Crippen molar-refractivity contribution in [1.82, 2.24) is 4.98 Å². The van der Waals surface area contributed by atoms with Gasteiger partial charge in [-0.1, -0.05) is 54.1 Å². The number of halogens is 1. The van der Waals surface area contributed by atoms with Crippen LogP contribution in [0.3, 0.4) is 0 Å². The minimum atomic E-state index is -0.150. The lowest BCUT2D eigenvalue weighted by Crippen LogP contribution is -2.32. The molecule has 166 valence electrons. The highest BCUT2D eigenvalue weighted by Gasteiger charge is 2.32. The van der Waals surface area contributed by atoms with Gasteiger partial charge in [0.05, 0.1) is 16.9 Å². The number of aromatic nitrogens is 1. The predicted molar refractivity (Wildman–Crippen MR) is 133 cm³/mol. The SMILES string of the molecule is Cc1ccc(CN2Cc3cc4ccccc4nc3CC3CCCN3c3cccc(F)c32)cc1. The first-order chi connectivity index (χ1) is 16.2. The number of aryl methyl sites for hydroxylation is 1. The van der Waals surface area contributed by atoms with Gasteiger partial charge in [0.25, 0.3) is 0 Å². The van der Waals surface area contributed by atoms with Crippen LogP contribution >= 0.6 is 0 Å². The van der Waals surface area contributed by atoms with E-state index >= 15 is 4.39 Å². The molecule has 3 nitrogen and oxygen atoms in total. The summed E-state index contributed by atoms with van der Waals surface area (Å²) in [6.45, 7) is 4.34. The van der Waals surface area contributed by atoms with Crippen molar-refractivity contribution in [2.75, 3.05) is 16.3 Å². The number of anilines is 2. The lowest BCUT2D eigenvalue weighted by atomic mass is 10.0. The van der Waals surface area contributed by atoms with Crippen molar-refractivity contribution in [1.29, 1.82) is 0 Å². The van der Waals surface area contributed by atoms with E-state index in [1.165, 1.54) is 16.7 Å². The van der Waals surface area contributed by atoms with Crippen LogP contribution in [0.4, 0.5) is 15.8 Å². The fraction of sp³-hybridized carbons (Fsp3) is 0.276. The van der Waals surface area contributed by atoms with Gasteiger partial charge in [-0.05, 0) is 55.2 Å². The molecule has 0 N–H and O–H groups in total. The summed E-state index contributed by atoms with van der Waals surface area (Å²) >= 11 is 0. The maximum Gasteiger partial charge on any atom is 0.148 e. The Balaban J connectivity index is 1.53. The van der Waals surface area contributed by atoms with E-state index in [0.717, 1.165) is 48.1 Å². The van der Waals surface area contributed by atoms with E-state index in [2.05, 4.69) is 71.3 Å². The van der Waals surface area contributed by atoms with Crippen LogP contribution < -0.4 is 9.80 Å². The van der Waals surface area contributed by atoms with Crippen molar-refractivity contribution in [2.45, 2.75) is 45.3 Å². The third-order valence-corrected chi connectivity index (χ3v) is 7.15. The molecule has 0 aliphatic carbocycles. The molecular formula is C29H28FN3. The molecule has 3 aromatic carbocycles. The molecule has 0 spiro atoms. The number of benzene rings is 3. The Morgan fingerprint density at radius 2 is 1.85 bits per heavy atom. The van der Waals surface area contributed by atoms with E-state index < -0.39 is 0 Å². The zero-order chi connectivity index (χ0) is 22.4. The quantitative estimate of drug-likeness (QED) is 0.361. The summed E-state index contributed by atoms with van der Waals surface area (Å²) in [6, 6.07) is 25.1. The number of nitrogens with zero attached hydrogens (tertiary/aromatic N) is 3. The molecule has 4 aromatic rings. The fourth-order valence-electron chi connectivity index (χ4n) is 5.48. The highest BCUT2D eigenvalue weighted by Crippen LogP contribution is 2.40. The van der Waals surface area contributed by atoms with Crippen molar-refractivity contribution in [3.63, 3.8) is 0 Å². The average molecular weight is 438 g/mol. The number of hydrogen-bond donors (Lipinski definition) is 0. The number of para-hydroxylation sites is 2. The molecule has 2 aliphatic heterocycles. The first kappa shape index (κ1) is 20.2. The molecule has 1 saturated heterocycles. The third-order valence-electron chi connectivity index (χ3n) is 7.15. The Bertz CT molecular complexity index is 1310. The van der Waals surface area contributed by atoms with Crippen LogP contribution in [0.5, 0.6) is 0 Å². The van der Waals surface area contributed by atoms with Gasteiger partial charge in [0.1, 0.15) is 5.82 Å². The van der Waals surface area contributed by atoms with Crippen LogP contribution in [0.15, 0.2) is 72.8 Å². The van der Waals surface area contributed by atoms with Gasteiger partial charge in [-0.3, -0.25) is 4.98 Å². The van der Waals surface area contributed by atoms with Gasteiger partial charge in [0, 0.05) is 43.2 Å². The third kappa shape index (κ3) is 3.74. The molecule has 1 fully saturated rings. The zero-order valence-corrected chi connectivity index (χ0v) is 19.0. The summed E-state index contributed by atoms with van der Waals surface area (Å²) in [4.78, 5) is 9.75. The average Bonchev–Trinajstić information content (AvgIpc) is 3.29. The summed E-state index contributed by atoms with van der Waals surface area (Å²) in [5.41, 5.74) is 7.52. The fourth-order valence-corrected chi connectivity index (χ4v) is 5.48. The van der Waals surface area contributed by atoms with Gasteiger partial charge >= 0.3 is 0 Å². The van der Waals surface area contributed by atoms with Crippen LogP contribution in [0.1, 0.15) is 35.2 Å². The van der Waals surface area contributed by atoms with E-state index in [9.17, 15) is 0 Å². The van der Waals surface area contributed by atoms with E-state index in [-0.39, 0.29) is 5.82 Å². The van der Waals surface area contributed by atoms with Crippen LogP contribution in [0.25, 0.3) is 10.9 Å². The molecule has 1 aromatic heterocycles. The molecule has 2 aliphatic rings. The molecule has 3 heterocycles. The standard InChI is InChI=1S/C29H28FN3/c1-20-11-13-21(14-12-20)18-32-19-23-16-22-6-2-3-9-26(22)31-27(23)17-24-7-5-15-33(24)28-10-4-8-25(30)29(28)32/h2-4,6,8-14,16,24H,5,7,15,17-19H2,1H3. The molecule has 1 atom stereocenters. The highest BCUT2D eigenvalue weighted by atomic mass is 19.1. The smallest absolute Gasteiger partial charge is 0.148 e. The van der Waals surface area contributed by atoms with Gasteiger partial charge in [0.15, 0.2) is 0 Å². The van der Waals surface area contributed by atoms with Crippen LogP contribution in [0.2, 0.25) is 0 Å². The lowest BCUT2D eigenvalue weighted by molar-refractivity contribution is 0.613. The summed E-state index contributed by atoms with van der Waals surface area (Å²) in [6.07, 6.45) is 3.14. The Morgan fingerprint density at radius 3 is 2.73 bits per heavy atom. The summed E-state index contributed by atoms with van der Waals surface area (Å²) in [5.74, 6) is -0.150. The predicted octanol–water partition coefficient (Wildman–Crippen LogP) is 6.41. The minimum Gasteiger partial charge on any atom is -0.366 e. The van der Waals surface area contributed by atoms with Gasteiger partial charge in [-0.2, -0.15) is 0 Å². The van der Waals surface area contributed by atoms with E-state index in [4.69, 9.17) is 4.98 Å². The van der Waals surface area contributed by atoms with Crippen LogP contribution in [-0.4, -0.2) is 17.6 Å². The molecule has 0 radical (unpaired) electrons. The maximum atomic E-state index is 15.5. The van der Waals surface area contributed by atoms with Gasteiger partial charge in [-0.25, -0.2) is 4.39 Å². The summed E-state index contributed by atoms with van der Waals surface area (Å²) in [7, 11) is 0. The summed E-state index contributed by atoms with van der Waals surface area (Å²) < 4.78 is 15.5. The monoisotopic (exact) mass is 437 g/mol. The van der Waals surface area contributed by atoms with Crippen molar-refractivity contribution in [3.05, 3.63) is 101 Å². The first-order valence-electron chi connectivity index (χ1n) is 11.9. The Labute approximate surface area is 194 Å². The maximum absolute atomic E-state index is 15.5. The van der Waals surface area contributed by atoms with Gasteiger partial charge in [0.2, 0.25) is 0 Å². The first-order valence-corrected chi connectivity index (χ1v) is 11.9. The molecule has 0 saturated carbocycles. The van der Waals surface area contributed by atoms with Gasteiger partial charge < -0.3 is 9.80 Å². The van der Waals surface area contributed by atoms with E-state index in [0.29, 0.717) is 24.8 Å². The van der Waals surface area contributed by atoms with E-state index in [1.807, 2.05) is 12.1 Å². The van der Waals surface area contributed by atoms with E-state index in [1.54, 1.807) is 6.07 Å². The summed E-state index contributed by atoms with van der Waals surface area (Å²) in [5, 5.41) is 1.14. The second-order valence-corrected chi connectivity index (χ2v) is 9.43. The highest BCUT2D eigenvalue weighted by molar-refractivity contribution is 5.80. The van der Waals surface area contributed by atoms with Crippen LogP contribution in [-0.2, 0) is 19.5 Å². The molecule has 1 unspecified atom stereocenters. The number of hydrogen-bond acceptors (Lipinski definition) is 3. The Kier molecular flexibility index (Phi) is 5.01. The van der Waals surface area contributed by atoms with Crippen molar-refractivity contribution >= 4 is 22.3 Å². The molecule has 4 heteroatoms. The van der Waals surface area contributed by atoms with Crippen molar-refractivity contribution in [3.8, 4) is 0 Å². The second kappa shape index (κ2) is 8.18. The zero-order valence-electron chi connectivity index (χ0n) is 19.0. The van der Waals surface area contributed by atoms with Crippen LogP contribution in [0, 0.1) is 12.7 Å². The second-order valence-electron chi connectivity index (χ2n) is 9.43. The van der Waals surface area contributed by atoms with Gasteiger partial charge in [-0.15, -0.1) is 0 Å². The number of pyridine rings is 1. The largest absolute Gasteiger partial charge is 0.366 e. The molecular weight excluding hydrogens is 409 g/mol. The molecule has 33 heavy (non-hydrogen) atoms. The number of fused-ring (bicyclic) bond motifs is 5. The molecule has 0 amide bonds. The Morgan fingerprint density at radius 1 is 1.00 bits per heavy atom. The topological polar surface area (TPSA) is 19.4 Å².